The molecule has 1 aromatic carbocycles. The third-order valence-electron chi connectivity index (χ3n) is 2.19. The smallest absolute Gasteiger partial charge is 0.253 e. The van der Waals surface area contributed by atoms with Gasteiger partial charge in [-0.25, -0.2) is 0 Å². The highest BCUT2D eigenvalue weighted by atomic mass is 127. The summed E-state index contributed by atoms with van der Waals surface area (Å²) >= 11 is 2.17. The molecule has 0 aromatic heterocycles. The molecule has 0 fully saturated rings. The Balaban J connectivity index is 2.75. The van der Waals surface area contributed by atoms with Crippen molar-refractivity contribution in [3.05, 3.63) is 33.4 Å². The number of halogens is 1. The van der Waals surface area contributed by atoms with Crippen molar-refractivity contribution in [2.24, 2.45) is 5.92 Å². The summed E-state index contributed by atoms with van der Waals surface area (Å²) in [5, 5.41) is 8.69. The molecule has 1 atom stereocenters. The molecule has 0 bridgehead atoms. The first-order valence-corrected chi connectivity index (χ1v) is 6.03. The molecular weight excluding hydrogens is 315 g/mol. The van der Waals surface area contributed by atoms with E-state index in [0.717, 1.165) is 3.57 Å². The molecule has 0 spiro atoms. The fourth-order valence-electron chi connectivity index (χ4n) is 1.38. The molecule has 0 N–H and O–H groups in total. The number of amides is 1. The fourth-order valence-corrected chi connectivity index (χ4v) is 1.92. The fraction of sp³-hybridized carbons (Fsp3) is 0.333. The molecule has 0 aliphatic rings. The van der Waals surface area contributed by atoms with E-state index < -0.39 is 0 Å². The number of rotatable bonds is 3. The van der Waals surface area contributed by atoms with Crippen LogP contribution in [0.3, 0.4) is 0 Å². The second-order valence-electron chi connectivity index (χ2n) is 3.73. The molecule has 0 aliphatic carbocycles. The number of hydrogen-bond acceptors (Lipinski definition) is 2. The quantitative estimate of drug-likeness (QED) is 0.801. The van der Waals surface area contributed by atoms with Gasteiger partial charge in [0, 0.05) is 22.7 Å². The molecule has 0 aliphatic heterocycles. The Kier molecular flexibility index (Phi) is 4.74. The molecule has 0 saturated heterocycles. The highest BCUT2D eigenvalue weighted by Crippen LogP contribution is 2.10. The molecule has 1 aromatic rings. The van der Waals surface area contributed by atoms with Crippen LogP contribution < -0.4 is 0 Å². The van der Waals surface area contributed by atoms with Gasteiger partial charge in [-0.05, 0) is 47.7 Å². The normalized spacial score (nSPS) is 11.6. The number of benzene rings is 1. The molecule has 1 unspecified atom stereocenters. The van der Waals surface area contributed by atoms with E-state index in [9.17, 15) is 4.79 Å². The molecule has 0 saturated carbocycles. The summed E-state index contributed by atoms with van der Waals surface area (Å²) in [6.45, 7) is 2.26. The van der Waals surface area contributed by atoms with E-state index in [1.807, 2.05) is 18.2 Å². The van der Waals surface area contributed by atoms with E-state index in [0.29, 0.717) is 12.1 Å². The Bertz CT molecular complexity index is 425. The summed E-state index contributed by atoms with van der Waals surface area (Å²) in [4.78, 5) is 13.5. The van der Waals surface area contributed by atoms with Gasteiger partial charge in [0.15, 0.2) is 0 Å². The zero-order valence-corrected chi connectivity index (χ0v) is 11.4. The molecule has 3 nitrogen and oxygen atoms in total. The highest BCUT2D eigenvalue weighted by molar-refractivity contribution is 14.1. The van der Waals surface area contributed by atoms with Gasteiger partial charge in [0.2, 0.25) is 0 Å². The largest absolute Gasteiger partial charge is 0.340 e. The van der Waals surface area contributed by atoms with Gasteiger partial charge in [0.1, 0.15) is 0 Å². The van der Waals surface area contributed by atoms with Crippen molar-refractivity contribution in [3.8, 4) is 6.07 Å². The minimum atomic E-state index is -0.142. The van der Waals surface area contributed by atoms with Gasteiger partial charge in [-0.15, -0.1) is 0 Å². The van der Waals surface area contributed by atoms with Crippen LogP contribution in [0.2, 0.25) is 0 Å². The van der Waals surface area contributed by atoms with Gasteiger partial charge >= 0.3 is 0 Å². The molecule has 84 valence electrons. The first-order chi connectivity index (χ1) is 7.54. The van der Waals surface area contributed by atoms with Gasteiger partial charge in [-0.1, -0.05) is 6.07 Å². The van der Waals surface area contributed by atoms with Crippen LogP contribution in [0.4, 0.5) is 0 Å². The van der Waals surface area contributed by atoms with E-state index in [2.05, 4.69) is 28.7 Å². The van der Waals surface area contributed by atoms with Crippen molar-refractivity contribution in [2.75, 3.05) is 13.6 Å². The van der Waals surface area contributed by atoms with Gasteiger partial charge in [-0.2, -0.15) is 5.26 Å². The minimum absolute atomic E-state index is 0.0411. The molecule has 1 rings (SSSR count). The Morgan fingerprint density at radius 1 is 1.62 bits per heavy atom. The lowest BCUT2D eigenvalue weighted by atomic mass is 10.1. The van der Waals surface area contributed by atoms with Crippen molar-refractivity contribution in [2.45, 2.75) is 6.92 Å². The Morgan fingerprint density at radius 3 is 2.88 bits per heavy atom. The Morgan fingerprint density at radius 2 is 2.31 bits per heavy atom. The lowest BCUT2D eigenvalue weighted by Crippen LogP contribution is -2.30. The predicted octanol–water partition coefficient (Wildman–Crippen LogP) is 2.52. The maximum Gasteiger partial charge on any atom is 0.253 e. The predicted molar refractivity (Wildman–Crippen MR) is 70.9 cm³/mol. The van der Waals surface area contributed by atoms with Crippen molar-refractivity contribution >= 4 is 28.5 Å². The van der Waals surface area contributed by atoms with E-state index in [4.69, 9.17) is 5.26 Å². The highest BCUT2D eigenvalue weighted by Gasteiger charge is 2.13. The molecule has 0 heterocycles. The number of nitriles is 1. The average Bonchev–Trinajstić information content (AvgIpc) is 2.27. The van der Waals surface area contributed by atoms with Crippen molar-refractivity contribution in [1.29, 1.82) is 5.26 Å². The molecular formula is C12H13IN2O. The van der Waals surface area contributed by atoms with Crippen LogP contribution in [-0.2, 0) is 0 Å². The molecule has 4 heteroatoms. The second-order valence-corrected chi connectivity index (χ2v) is 4.97. The van der Waals surface area contributed by atoms with Gasteiger partial charge in [0.25, 0.3) is 5.91 Å². The topological polar surface area (TPSA) is 44.1 Å². The molecule has 16 heavy (non-hydrogen) atoms. The monoisotopic (exact) mass is 328 g/mol. The summed E-state index contributed by atoms with van der Waals surface area (Å²) in [5.74, 6) is -0.183. The van der Waals surface area contributed by atoms with Crippen LogP contribution in [0.5, 0.6) is 0 Å². The third-order valence-corrected chi connectivity index (χ3v) is 2.86. The number of carbonyl (C=O) groups excluding carboxylic acids is 1. The Labute approximate surface area is 109 Å². The number of nitrogens with zero attached hydrogens (tertiary/aromatic N) is 2. The number of hydrogen-bond donors (Lipinski definition) is 0. The Hall–Kier alpha value is -1.09. The maximum atomic E-state index is 12.0. The zero-order valence-electron chi connectivity index (χ0n) is 9.27. The van der Waals surface area contributed by atoms with E-state index in [1.54, 1.807) is 24.9 Å². The van der Waals surface area contributed by atoms with Crippen molar-refractivity contribution in [3.63, 3.8) is 0 Å². The molecule has 1 amide bonds. The van der Waals surface area contributed by atoms with Gasteiger partial charge < -0.3 is 4.90 Å². The minimum Gasteiger partial charge on any atom is -0.340 e. The first-order valence-electron chi connectivity index (χ1n) is 4.95. The van der Waals surface area contributed by atoms with Crippen molar-refractivity contribution < 1.29 is 4.79 Å². The van der Waals surface area contributed by atoms with Gasteiger partial charge in [-0.3, -0.25) is 4.79 Å². The van der Waals surface area contributed by atoms with E-state index >= 15 is 0 Å². The zero-order chi connectivity index (χ0) is 12.1. The lowest BCUT2D eigenvalue weighted by Gasteiger charge is -2.18. The van der Waals surface area contributed by atoms with Crippen LogP contribution >= 0.6 is 22.6 Å². The van der Waals surface area contributed by atoms with Crippen LogP contribution in [-0.4, -0.2) is 24.4 Å². The SMILES string of the molecule is CC(C#N)CN(C)C(=O)c1cccc(I)c1. The van der Waals surface area contributed by atoms with Crippen LogP contribution in [0.1, 0.15) is 17.3 Å². The number of carbonyl (C=O) groups is 1. The van der Waals surface area contributed by atoms with E-state index in [-0.39, 0.29) is 11.8 Å². The lowest BCUT2D eigenvalue weighted by molar-refractivity contribution is 0.0785. The maximum absolute atomic E-state index is 12.0. The summed E-state index contributed by atoms with van der Waals surface area (Å²) in [6, 6.07) is 9.55. The van der Waals surface area contributed by atoms with Crippen LogP contribution in [0, 0.1) is 20.8 Å². The standard InChI is InChI=1S/C12H13IN2O/c1-9(7-14)8-15(2)12(16)10-4-3-5-11(13)6-10/h3-6,9H,8H2,1-2H3. The summed E-state index contributed by atoms with van der Waals surface area (Å²) < 4.78 is 1.03. The second kappa shape index (κ2) is 5.85. The average molecular weight is 328 g/mol. The third kappa shape index (κ3) is 3.49. The summed E-state index contributed by atoms with van der Waals surface area (Å²) in [5.41, 5.74) is 0.666. The van der Waals surface area contributed by atoms with E-state index in [1.165, 1.54) is 0 Å². The first kappa shape index (κ1) is 13.0. The molecule has 0 radical (unpaired) electrons. The van der Waals surface area contributed by atoms with Gasteiger partial charge in [0.05, 0.1) is 12.0 Å². The summed E-state index contributed by atoms with van der Waals surface area (Å²) in [6.07, 6.45) is 0. The van der Waals surface area contributed by atoms with Crippen LogP contribution in [0.25, 0.3) is 0 Å². The van der Waals surface area contributed by atoms with Crippen molar-refractivity contribution in [1.82, 2.24) is 4.90 Å². The van der Waals surface area contributed by atoms with Crippen LogP contribution in [0.15, 0.2) is 24.3 Å². The summed E-state index contributed by atoms with van der Waals surface area (Å²) in [7, 11) is 1.72.